The molecule has 0 aliphatic heterocycles. The van der Waals surface area contributed by atoms with Gasteiger partial charge < -0.3 is 10.1 Å². The molecule has 102 valence electrons. The van der Waals surface area contributed by atoms with Crippen LogP contribution in [0.15, 0.2) is 29.6 Å². The predicted molar refractivity (Wildman–Crippen MR) is 83.3 cm³/mol. The third-order valence-corrected chi connectivity index (χ3v) is 4.25. The van der Waals surface area contributed by atoms with Crippen LogP contribution in [-0.4, -0.2) is 13.2 Å². The Kier molecular flexibility index (Phi) is 4.86. The second kappa shape index (κ2) is 6.42. The zero-order valence-corrected chi connectivity index (χ0v) is 12.9. The number of rotatable bonds is 5. The van der Waals surface area contributed by atoms with E-state index in [1.54, 1.807) is 18.4 Å². The van der Waals surface area contributed by atoms with Crippen LogP contribution >= 0.6 is 22.9 Å². The lowest BCUT2D eigenvalue weighted by atomic mass is 10.1. The Hall–Kier alpha value is -1.03. The van der Waals surface area contributed by atoms with Crippen molar-refractivity contribution >= 4 is 22.9 Å². The molecule has 1 heterocycles. The highest BCUT2D eigenvalue weighted by atomic mass is 35.5. The molecule has 2 aromatic rings. The Morgan fingerprint density at radius 3 is 2.68 bits per heavy atom. The van der Waals surface area contributed by atoms with E-state index in [4.69, 9.17) is 16.3 Å². The first kappa shape index (κ1) is 14.4. The molecular weight excluding hydrogens is 278 g/mol. The molecule has 1 aromatic heterocycles. The highest BCUT2D eigenvalue weighted by molar-refractivity contribution is 7.14. The second-order valence-electron chi connectivity index (χ2n) is 4.66. The maximum Gasteiger partial charge on any atom is 0.119 e. The Labute approximate surface area is 123 Å². The van der Waals surface area contributed by atoms with Crippen molar-refractivity contribution < 1.29 is 4.74 Å². The van der Waals surface area contributed by atoms with E-state index in [1.165, 1.54) is 11.1 Å². The SMILES string of the molecule is COc1ccc(-c2sccc2Cl)c(CNC(C)C)c1. The van der Waals surface area contributed by atoms with Crippen molar-refractivity contribution in [2.75, 3.05) is 7.11 Å². The summed E-state index contributed by atoms with van der Waals surface area (Å²) in [6.07, 6.45) is 0. The van der Waals surface area contributed by atoms with Gasteiger partial charge in [0.15, 0.2) is 0 Å². The molecule has 0 aliphatic carbocycles. The molecule has 0 spiro atoms. The van der Waals surface area contributed by atoms with Crippen molar-refractivity contribution in [2.45, 2.75) is 26.4 Å². The van der Waals surface area contributed by atoms with Crippen LogP contribution in [0.25, 0.3) is 10.4 Å². The quantitative estimate of drug-likeness (QED) is 0.872. The Morgan fingerprint density at radius 1 is 1.32 bits per heavy atom. The van der Waals surface area contributed by atoms with E-state index in [0.717, 1.165) is 22.2 Å². The molecule has 0 bridgehead atoms. The Bertz CT molecular complexity index is 551. The Balaban J connectivity index is 2.39. The van der Waals surface area contributed by atoms with Gasteiger partial charge in [-0.2, -0.15) is 0 Å². The molecule has 4 heteroatoms. The van der Waals surface area contributed by atoms with Crippen molar-refractivity contribution in [1.82, 2.24) is 5.32 Å². The molecule has 0 saturated heterocycles. The van der Waals surface area contributed by atoms with Crippen LogP contribution in [0.4, 0.5) is 0 Å². The van der Waals surface area contributed by atoms with Crippen molar-refractivity contribution in [1.29, 1.82) is 0 Å². The topological polar surface area (TPSA) is 21.3 Å². The van der Waals surface area contributed by atoms with Gasteiger partial charge in [0.05, 0.1) is 17.0 Å². The summed E-state index contributed by atoms with van der Waals surface area (Å²) >= 11 is 7.91. The van der Waals surface area contributed by atoms with E-state index in [0.29, 0.717) is 6.04 Å². The van der Waals surface area contributed by atoms with Crippen molar-refractivity contribution in [2.24, 2.45) is 0 Å². The van der Waals surface area contributed by atoms with E-state index in [9.17, 15) is 0 Å². The van der Waals surface area contributed by atoms with Crippen LogP contribution in [0.1, 0.15) is 19.4 Å². The summed E-state index contributed by atoms with van der Waals surface area (Å²) in [5, 5.41) is 6.26. The highest BCUT2D eigenvalue weighted by Crippen LogP contribution is 2.36. The van der Waals surface area contributed by atoms with E-state index in [2.05, 4.69) is 31.3 Å². The molecule has 0 aliphatic rings. The minimum Gasteiger partial charge on any atom is -0.497 e. The average Bonchev–Trinajstić information content (AvgIpc) is 2.82. The minimum absolute atomic E-state index is 0.442. The summed E-state index contributed by atoms with van der Waals surface area (Å²) in [7, 11) is 1.69. The van der Waals surface area contributed by atoms with Crippen LogP contribution < -0.4 is 10.1 Å². The van der Waals surface area contributed by atoms with Gasteiger partial charge in [0, 0.05) is 12.6 Å². The van der Waals surface area contributed by atoms with E-state index >= 15 is 0 Å². The normalized spacial score (nSPS) is 11.0. The van der Waals surface area contributed by atoms with E-state index in [1.807, 2.05) is 17.5 Å². The molecule has 2 rings (SSSR count). The van der Waals surface area contributed by atoms with Gasteiger partial charge in [-0.1, -0.05) is 25.4 Å². The third-order valence-electron chi connectivity index (χ3n) is 2.87. The van der Waals surface area contributed by atoms with Gasteiger partial charge in [-0.25, -0.2) is 0 Å². The van der Waals surface area contributed by atoms with Gasteiger partial charge in [0.1, 0.15) is 5.75 Å². The summed E-state index contributed by atoms with van der Waals surface area (Å²) < 4.78 is 5.31. The molecule has 0 amide bonds. The molecule has 1 aromatic carbocycles. The van der Waals surface area contributed by atoms with Crippen molar-refractivity contribution in [3.05, 3.63) is 40.2 Å². The first-order valence-corrected chi connectivity index (χ1v) is 7.51. The lowest BCUT2D eigenvalue weighted by Crippen LogP contribution is -2.22. The number of thiophene rings is 1. The van der Waals surface area contributed by atoms with Gasteiger partial charge in [0.2, 0.25) is 0 Å². The fraction of sp³-hybridized carbons (Fsp3) is 0.333. The smallest absolute Gasteiger partial charge is 0.119 e. The first-order chi connectivity index (χ1) is 9.11. The number of methoxy groups -OCH3 is 1. The summed E-state index contributed by atoms with van der Waals surface area (Å²) in [6.45, 7) is 5.08. The van der Waals surface area contributed by atoms with Gasteiger partial charge in [-0.05, 0) is 40.8 Å². The fourth-order valence-electron chi connectivity index (χ4n) is 1.86. The van der Waals surface area contributed by atoms with Crippen LogP contribution in [0.3, 0.4) is 0 Å². The van der Waals surface area contributed by atoms with Crippen LogP contribution in [-0.2, 0) is 6.54 Å². The molecule has 0 atom stereocenters. The maximum absolute atomic E-state index is 6.24. The number of hydrogen-bond acceptors (Lipinski definition) is 3. The van der Waals surface area contributed by atoms with Crippen molar-refractivity contribution in [3.8, 4) is 16.2 Å². The number of hydrogen-bond donors (Lipinski definition) is 1. The summed E-state index contributed by atoms with van der Waals surface area (Å²) in [4.78, 5) is 1.12. The third kappa shape index (κ3) is 3.50. The zero-order chi connectivity index (χ0) is 13.8. The standard InChI is InChI=1S/C15H18ClNOS/c1-10(2)17-9-11-8-12(18-3)4-5-13(11)15-14(16)6-7-19-15/h4-8,10,17H,9H2,1-3H3. The highest BCUT2D eigenvalue weighted by Gasteiger charge is 2.11. The number of ether oxygens (including phenoxy) is 1. The lowest BCUT2D eigenvalue weighted by molar-refractivity contribution is 0.414. The minimum atomic E-state index is 0.442. The molecule has 0 saturated carbocycles. The fourth-order valence-corrected chi connectivity index (χ4v) is 3.08. The largest absolute Gasteiger partial charge is 0.497 e. The molecule has 0 radical (unpaired) electrons. The number of nitrogens with one attached hydrogen (secondary N) is 1. The van der Waals surface area contributed by atoms with Gasteiger partial charge >= 0.3 is 0 Å². The van der Waals surface area contributed by atoms with E-state index in [-0.39, 0.29) is 0 Å². The number of halogens is 1. The summed E-state index contributed by atoms with van der Waals surface area (Å²) in [5.74, 6) is 0.872. The lowest BCUT2D eigenvalue weighted by Gasteiger charge is -2.13. The molecule has 0 fully saturated rings. The van der Waals surface area contributed by atoms with Crippen LogP contribution in [0.2, 0.25) is 5.02 Å². The molecule has 2 nitrogen and oxygen atoms in total. The Morgan fingerprint density at radius 2 is 2.11 bits per heavy atom. The predicted octanol–water partition coefficient (Wildman–Crippen LogP) is 4.58. The average molecular weight is 296 g/mol. The molecular formula is C15H18ClNOS. The molecule has 1 N–H and O–H groups in total. The van der Waals surface area contributed by atoms with Crippen LogP contribution in [0, 0.1) is 0 Å². The van der Waals surface area contributed by atoms with E-state index < -0.39 is 0 Å². The van der Waals surface area contributed by atoms with Gasteiger partial charge in [-0.15, -0.1) is 11.3 Å². The summed E-state index contributed by atoms with van der Waals surface area (Å²) in [5.41, 5.74) is 2.38. The van der Waals surface area contributed by atoms with Gasteiger partial charge in [0.25, 0.3) is 0 Å². The number of benzene rings is 1. The first-order valence-electron chi connectivity index (χ1n) is 6.25. The maximum atomic E-state index is 6.24. The summed E-state index contributed by atoms with van der Waals surface area (Å²) in [6, 6.07) is 8.50. The second-order valence-corrected chi connectivity index (χ2v) is 5.98. The van der Waals surface area contributed by atoms with Gasteiger partial charge in [-0.3, -0.25) is 0 Å². The monoisotopic (exact) mass is 295 g/mol. The molecule has 19 heavy (non-hydrogen) atoms. The molecule has 0 unspecified atom stereocenters. The van der Waals surface area contributed by atoms with Crippen molar-refractivity contribution in [3.63, 3.8) is 0 Å². The zero-order valence-electron chi connectivity index (χ0n) is 11.4. The van der Waals surface area contributed by atoms with Crippen LogP contribution in [0.5, 0.6) is 5.75 Å².